The van der Waals surface area contributed by atoms with Gasteiger partial charge in [0.1, 0.15) is 11.4 Å². The van der Waals surface area contributed by atoms with Crippen LogP contribution >= 0.6 is 0 Å². The molecule has 0 saturated carbocycles. The molecule has 1 N–H and O–H groups in total. The molecule has 4 heterocycles. The molecule has 1 aliphatic rings. The predicted molar refractivity (Wildman–Crippen MR) is 137 cm³/mol. The number of benzene rings is 1. The summed E-state index contributed by atoms with van der Waals surface area (Å²) in [5.74, 6) is -2.79. The molecule has 0 aliphatic carbocycles. The molecule has 1 unspecified atom stereocenters. The summed E-state index contributed by atoms with van der Waals surface area (Å²) >= 11 is 0. The van der Waals surface area contributed by atoms with Crippen molar-refractivity contribution in [1.29, 1.82) is 0 Å². The Balaban J connectivity index is 0.000000448. The van der Waals surface area contributed by atoms with Crippen LogP contribution in [0, 0.1) is 13.8 Å². The van der Waals surface area contributed by atoms with Crippen molar-refractivity contribution in [2.75, 3.05) is 26.7 Å². The molecule has 12 heteroatoms. The largest absolute Gasteiger partial charge is 0.490 e. The number of halogens is 3. The summed E-state index contributed by atoms with van der Waals surface area (Å²) in [6.07, 6.45) is -3.07. The van der Waals surface area contributed by atoms with Gasteiger partial charge in [0.25, 0.3) is 5.91 Å². The summed E-state index contributed by atoms with van der Waals surface area (Å²) in [7, 11) is 2.07. The van der Waals surface area contributed by atoms with Crippen molar-refractivity contribution in [3.63, 3.8) is 0 Å². The predicted octanol–water partition coefficient (Wildman–Crippen LogP) is 4.17. The van der Waals surface area contributed by atoms with Crippen molar-refractivity contribution in [3.05, 3.63) is 83.4 Å². The summed E-state index contributed by atoms with van der Waals surface area (Å²) in [4.78, 5) is 30.5. The lowest BCUT2D eigenvalue weighted by Crippen LogP contribution is -2.49. The number of amides is 1. The maximum atomic E-state index is 13.1. The molecular weight excluding hydrogens is 513 g/mol. The monoisotopic (exact) mass is 540 g/mol. The van der Waals surface area contributed by atoms with Crippen molar-refractivity contribution in [1.82, 2.24) is 29.6 Å². The minimum Gasteiger partial charge on any atom is -0.475 e. The number of likely N-dealkylation sites (N-methyl/N-ethyl adjacent to an activating group) is 1. The van der Waals surface area contributed by atoms with E-state index in [2.05, 4.69) is 70.6 Å². The van der Waals surface area contributed by atoms with E-state index in [-0.39, 0.29) is 11.9 Å². The minimum absolute atomic E-state index is 0.0276. The van der Waals surface area contributed by atoms with Crippen LogP contribution in [0.25, 0.3) is 16.6 Å². The third-order valence-corrected chi connectivity index (χ3v) is 6.43. The first-order chi connectivity index (χ1) is 18.4. The van der Waals surface area contributed by atoms with Gasteiger partial charge in [-0.1, -0.05) is 47.2 Å². The molecule has 39 heavy (non-hydrogen) atoms. The molecule has 1 amide bonds. The highest BCUT2D eigenvalue weighted by molar-refractivity contribution is 5.92. The quantitative estimate of drug-likeness (QED) is 0.416. The normalized spacial score (nSPS) is 16.1. The molecule has 3 aromatic heterocycles. The summed E-state index contributed by atoms with van der Waals surface area (Å²) in [6, 6.07) is 18.2. The van der Waals surface area contributed by atoms with E-state index in [1.165, 1.54) is 5.56 Å². The zero-order valence-corrected chi connectivity index (χ0v) is 21.6. The molecule has 0 spiro atoms. The second-order valence-electron chi connectivity index (χ2n) is 9.30. The Morgan fingerprint density at radius 1 is 0.974 bits per heavy atom. The molecule has 9 nitrogen and oxygen atoms in total. The van der Waals surface area contributed by atoms with Crippen LogP contribution < -0.4 is 0 Å². The van der Waals surface area contributed by atoms with E-state index in [9.17, 15) is 18.0 Å². The van der Waals surface area contributed by atoms with Crippen LogP contribution in [0.1, 0.15) is 33.5 Å². The number of rotatable bonds is 3. The van der Waals surface area contributed by atoms with Gasteiger partial charge in [0, 0.05) is 37.1 Å². The lowest BCUT2D eigenvalue weighted by molar-refractivity contribution is -0.192. The fraction of sp³-hybridized carbons (Fsp3) is 0.296. The molecule has 1 atom stereocenters. The number of hydrogen-bond donors (Lipinski definition) is 1. The standard InChI is InChI=1S/C25H26N6O.C2HF3O2/c1-17-7-9-19(10-8-17)20-11-12-22-24(27-28-31(22)15-20)23-16-30(14-13-29(23)3)25(32)21-6-4-5-18(2)26-21;3-2(4,5)1(6)7/h4-12,15,23H,13-14,16H2,1-3H3;(H,6,7). The van der Waals surface area contributed by atoms with Crippen LogP contribution in [0.4, 0.5) is 13.2 Å². The molecule has 0 radical (unpaired) electrons. The van der Waals surface area contributed by atoms with Crippen LogP contribution in [-0.4, -0.2) is 79.5 Å². The number of carbonyl (C=O) groups excluding carboxylic acids is 1. The molecule has 0 bridgehead atoms. The number of aliphatic carboxylic acids is 1. The highest BCUT2D eigenvalue weighted by Crippen LogP contribution is 2.28. The van der Waals surface area contributed by atoms with Crippen LogP contribution in [0.15, 0.2) is 60.8 Å². The average Bonchev–Trinajstić information content (AvgIpc) is 3.32. The van der Waals surface area contributed by atoms with E-state index >= 15 is 0 Å². The van der Waals surface area contributed by atoms with Gasteiger partial charge in [0.2, 0.25) is 0 Å². The Labute approximate surface area is 222 Å². The van der Waals surface area contributed by atoms with Crippen LogP contribution in [0.5, 0.6) is 0 Å². The SMILES string of the molecule is Cc1ccc(-c2ccc3c(C4CN(C(=O)c5cccc(C)n5)CCN4C)nnn3c2)cc1.O=C(O)C(F)(F)F. The Kier molecular flexibility index (Phi) is 7.95. The van der Waals surface area contributed by atoms with Crippen molar-refractivity contribution >= 4 is 17.4 Å². The second kappa shape index (κ2) is 11.2. The summed E-state index contributed by atoms with van der Waals surface area (Å²) in [6.45, 7) is 5.97. The first-order valence-corrected chi connectivity index (χ1v) is 12.1. The number of nitrogens with zero attached hydrogens (tertiary/aromatic N) is 6. The van der Waals surface area contributed by atoms with Crippen molar-refractivity contribution in [2.24, 2.45) is 0 Å². The third-order valence-electron chi connectivity index (χ3n) is 6.43. The van der Waals surface area contributed by atoms with E-state index in [1.807, 2.05) is 34.7 Å². The van der Waals surface area contributed by atoms with Crippen molar-refractivity contribution in [2.45, 2.75) is 26.1 Å². The van der Waals surface area contributed by atoms with Crippen LogP contribution in [0.2, 0.25) is 0 Å². The van der Waals surface area contributed by atoms with Gasteiger partial charge >= 0.3 is 12.1 Å². The van der Waals surface area contributed by atoms with Crippen molar-refractivity contribution in [3.8, 4) is 11.1 Å². The molecular formula is C27H27F3N6O3. The molecule has 204 valence electrons. The Hall–Kier alpha value is -4.32. The number of fused-ring (bicyclic) bond motifs is 1. The Morgan fingerprint density at radius 3 is 2.28 bits per heavy atom. The lowest BCUT2D eigenvalue weighted by Gasteiger charge is -2.38. The zero-order valence-electron chi connectivity index (χ0n) is 21.6. The third kappa shape index (κ3) is 6.40. The van der Waals surface area contributed by atoms with Gasteiger partial charge in [0.15, 0.2) is 0 Å². The number of piperazine rings is 1. The smallest absolute Gasteiger partial charge is 0.475 e. The fourth-order valence-electron chi connectivity index (χ4n) is 4.25. The van der Waals surface area contributed by atoms with E-state index in [4.69, 9.17) is 9.90 Å². The molecule has 5 rings (SSSR count). The number of aromatic nitrogens is 4. The van der Waals surface area contributed by atoms with Gasteiger partial charge in [-0.15, -0.1) is 5.10 Å². The lowest BCUT2D eigenvalue weighted by atomic mass is 10.0. The van der Waals surface area contributed by atoms with Gasteiger partial charge < -0.3 is 10.0 Å². The number of carbonyl (C=O) groups is 2. The Bertz CT molecular complexity index is 1490. The topological polar surface area (TPSA) is 104 Å². The second-order valence-corrected chi connectivity index (χ2v) is 9.30. The van der Waals surface area contributed by atoms with Gasteiger partial charge in [-0.2, -0.15) is 13.2 Å². The van der Waals surface area contributed by atoms with Crippen LogP contribution in [-0.2, 0) is 4.79 Å². The number of carboxylic acids is 1. The highest BCUT2D eigenvalue weighted by atomic mass is 19.4. The average molecular weight is 541 g/mol. The first-order valence-electron chi connectivity index (χ1n) is 12.1. The van der Waals surface area contributed by atoms with Gasteiger partial charge in [-0.25, -0.2) is 14.3 Å². The fourth-order valence-corrected chi connectivity index (χ4v) is 4.25. The minimum atomic E-state index is -5.08. The van der Waals surface area contributed by atoms with E-state index < -0.39 is 12.1 Å². The number of carboxylic acid groups (broad SMARTS) is 1. The van der Waals surface area contributed by atoms with Crippen molar-refractivity contribution < 1.29 is 27.9 Å². The number of aryl methyl sites for hydroxylation is 2. The maximum absolute atomic E-state index is 13.1. The van der Waals surface area contributed by atoms with Crippen LogP contribution in [0.3, 0.4) is 0 Å². The molecule has 1 aromatic carbocycles. The number of alkyl halides is 3. The molecule has 1 fully saturated rings. The maximum Gasteiger partial charge on any atom is 0.490 e. The zero-order chi connectivity index (χ0) is 28.3. The highest BCUT2D eigenvalue weighted by Gasteiger charge is 2.38. The summed E-state index contributed by atoms with van der Waals surface area (Å²) < 4.78 is 33.6. The van der Waals surface area contributed by atoms with Gasteiger partial charge in [0.05, 0.1) is 11.6 Å². The molecule has 1 saturated heterocycles. The van der Waals surface area contributed by atoms with Gasteiger partial charge in [-0.05, 0) is 44.7 Å². The summed E-state index contributed by atoms with van der Waals surface area (Å²) in [5, 5.41) is 16.0. The summed E-state index contributed by atoms with van der Waals surface area (Å²) in [5.41, 5.74) is 6.65. The first kappa shape index (κ1) is 27.7. The van der Waals surface area contributed by atoms with Gasteiger partial charge in [-0.3, -0.25) is 9.69 Å². The molecule has 4 aromatic rings. The number of pyridine rings is 2. The van der Waals surface area contributed by atoms with E-state index in [1.54, 1.807) is 6.07 Å². The van der Waals surface area contributed by atoms with E-state index in [0.717, 1.165) is 34.6 Å². The Morgan fingerprint density at radius 2 is 1.64 bits per heavy atom. The molecule has 1 aliphatic heterocycles. The number of hydrogen-bond acceptors (Lipinski definition) is 6. The van der Waals surface area contributed by atoms with E-state index in [0.29, 0.717) is 18.8 Å².